The molecule has 0 bridgehead atoms. The molecule has 0 saturated heterocycles. The smallest absolute Gasteiger partial charge is 0.251 e. The van der Waals surface area contributed by atoms with Crippen LogP contribution in [0.1, 0.15) is 54.0 Å². The van der Waals surface area contributed by atoms with Gasteiger partial charge in [-0.3, -0.25) is 9.59 Å². The van der Waals surface area contributed by atoms with Gasteiger partial charge in [0.2, 0.25) is 5.91 Å². The van der Waals surface area contributed by atoms with Crippen LogP contribution in [0.25, 0.3) is 0 Å². The largest absolute Gasteiger partial charge is 0.345 e. The standard InChI is InChI=1S/C24H28IN5O2S/c1-5-30-21(13-26-23(32)17-8-6-7-16(4)11-17)28-29-24(30)33-14-22(31)27-20-10-9-18(25)12-19(20)15(2)3/h6-12,15H,5,13-14H2,1-4H3,(H,26,32)(H,27,31). The Morgan fingerprint density at radius 2 is 1.94 bits per heavy atom. The molecule has 0 unspecified atom stereocenters. The summed E-state index contributed by atoms with van der Waals surface area (Å²) >= 11 is 3.61. The van der Waals surface area contributed by atoms with Crippen LogP contribution in [0.5, 0.6) is 0 Å². The third-order valence-electron chi connectivity index (χ3n) is 5.04. The molecule has 3 aromatic rings. The Labute approximate surface area is 212 Å². The maximum absolute atomic E-state index is 12.6. The lowest BCUT2D eigenvalue weighted by molar-refractivity contribution is -0.113. The van der Waals surface area contributed by atoms with Gasteiger partial charge in [-0.15, -0.1) is 10.2 Å². The van der Waals surface area contributed by atoms with Gasteiger partial charge in [0.1, 0.15) is 0 Å². The van der Waals surface area contributed by atoms with Gasteiger partial charge in [0.05, 0.1) is 12.3 Å². The van der Waals surface area contributed by atoms with Gasteiger partial charge in [-0.05, 0) is 78.3 Å². The highest BCUT2D eigenvalue weighted by Crippen LogP contribution is 2.27. The van der Waals surface area contributed by atoms with E-state index >= 15 is 0 Å². The summed E-state index contributed by atoms with van der Waals surface area (Å²) in [5.41, 5.74) is 3.60. The summed E-state index contributed by atoms with van der Waals surface area (Å²) in [5, 5.41) is 15.0. The van der Waals surface area contributed by atoms with Crippen LogP contribution in [-0.4, -0.2) is 32.3 Å². The Balaban J connectivity index is 1.60. The molecule has 0 fully saturated rings. The molecule has 174 valence electrons. The van der Waals surface area contributed by atoms with E-state index in [2.05, 4.69) is 63.3 Å². The lowest BCUT2D eigenvalue weighted by atomic mass is 10.0. The second kappa shape index (κ2) is 11.6. The van der Waals surface area contributed by atoms with E-state index in [0.717, 1.165) is 20.4 Å². The fraction of sp³-hybridized carbons (Fsp3) is 0.333. The van der Waals surface area contributed by atoms with Gasteiger partial charge >= 0.3 is 0 Å². The summed E-state index contributed by atoms with van der Waals surface area (Å²) in [6.45, 7) is 9.06. The molecule has 2 aromatic carbocycles. The van der Waals surface area contributed by atoms with Crippen molar-refractivity contribution in [3.05, 3.63) is 68.5 Å². The van der Waals surface area contributed by atoms with Crippen LogP contribution in [0, 0.1) is 10.5 Å². The molecule has 0 atom stereocenters. The minimum Gasteiger partial charge on any atom is -0.345 e. The number of benzene rings is 2. The minimum absolute atomic E-state index is 0.0944. The van der Waals surface area contributed by atoms with Crippen LogP contribution in [0.3, 0.4) is 0 Å². The number of carbonyl (C=O) groups excluding carboxylic acids is 2. The van der Waals surface area contributed by atoms with Gasteiger partial charge in [0, 0.05) is 21.4 Å². The number of anilines is 1. The van der Waals surface area contributed by atoms with Gasteiger partial charge in [-0.1, -0.05) is 43.3 Å². The molecule has 33 heavy (non-hydrogen) atoms. The number of hydrogen-bond acceptors (Lipinski definition) is 5. The number of hydrogen-bond donors (Lipinski definition) is 2. The first-order valence-electron chi connectivity index (χ1n) is 10.8. The van der Waals surface area contributed by atoms with Gasteiger partial charge in [-0.25, -0.2) is 0 Å². The van der Waals surface area contributed by atoms with Crippen LogP contribution in [-0.2, 0) is 17.9 Å². The molecule has 0 aliphatic heterocycles. The molecular weight excluding hydrogens is 549 g/mol. The zero-order chi connectivity index (χ0) is 24.0. The number of amides is 2. The van der Waals surface area contributed by atoms with Crippen molar-refractivity contribution < 1.29 is 9.59 Å². The molecule has 9 heteroatoms. The molecular formula is C24H28IN5O2S. The maximum Gasteiger partial charge on any atom is 0.251 e. The molecule has 2 amide bonds. The fourth-order valence-electron chi connectivity index (χ4n) is 3.36. The van der Waals surface area contributed by atoms with Gasteiger partial charge in [-0.2, -0.15) is 0 Å². The summed E-state index contributed by atoms with van der Waals surface area (Å²) in [6.07, 6.45) is 0. The Morgan fingerprint density at radius 1 is 1.15 bits per heavy atom. The average Bonchev–Trinajstić information content (AvgIpc) is 3.18. The summed E-state index contributed by atoms with van der Waals surface area (Å²) in [5.74, 6) is 0.932. The second-order valence-electron chi connectivity index (χ2n) is 7.92. The van der Waals surface area contributed by atoms with E-state index < -0.39 is 0 Å². The van der Waals surface area contributed by atoms with Gasteiger partial charge in [0.25, 0.3) is 5.91 Å². The first kappa shape index (κ1) is 25.2. The van der Waals surface area contributed by atoms with Crippen molar-refractivity contribution in [2.24, 2.45) is 0 Å². The van der Waals surface area contributed by atoms with Crippen molar-refractivity contribution in [3.8, 4) is 0 Å². The van der Waals surface area contributed by atoms with E-state index in [0.29, 0.717) is 29.0 Å². The molecule has 1 aromatic heterocycles. The molecule has 0 radical (unpaired) electrons. The molecule has 0 spiro atoms. The summed E-state index contributed by atoms with van der Waals surface area (Å²) in [7, 11) is 0. The summed E-state index contributed by atoms with van der Waals surface area (Å²) < 4.78 is 3.06. The number of aromatic nitrogens is 3. The number of aryl methyl sites for hydroxylation is 1. The highest BCUT2D eigenvalue weighted by Gasteiger charge is 2.16. The topological polar surface area (TPSA) is 88.9 Å². The van der Waals surface area contributed by atoms with Crippen molar-refractivity contribution in [2.75, 3.05) is 11.1 Å². The third kappa shape index (κ3) is 6.80. The highest BCUT2D eigenvalue weighted by atomic mass is 127. The monoisotopic (exact) mass is 577 g/mol. The van der Waals surface area contributed by atoms with Crippen molar-refractivity contribution in [2.45, 2.75) is 51.9 Å². The first-order valence-corrected chi connectivity index (χ1v) is 12.8. The summed E-state index contributed by atoms with van der Waals surface area (Å²) in [6, 6.07) is 13.5. The van der Waals surface area contributed by atoms with E-state index in [9.17, 15) is 9.59 Å². The summed E-state index contributed by atoms with van der Waals surface area (Å²) in [4.78, 5) is 25.0. The van der Waals surface area contributed by atoms with Crippen molar-refractivity contribution in [1.29, 1.82) is 0 Å². The predicted octanol–water partition coefficient (Wildman–Crippen LogP) is 5.00. The maximum atomic E-state index is 12.6. The molecule has 7 nitrogen and oxygen atoms in total. The van der Waals surface area contributed by atoms with E-state index in [-0.39, 0.29) is 24.1 Å². The van der Waals surface area contributed by atoms with E-state index in [4.69, 9.17) is 0 Å². The molecule has 0 aliphatic carbocycles. The van der Waals surface area contributed by atoms with Crippen LogP contribution in [0.2, 0.25) is 0 Å². The van der Waals surface area contributed by atoms with Gasteiger partial charge in [0.15, 0.2) is 11.0 Å². The zero-order valence-corrected chi connectivity index (χ0v) is 22.2. The van der Waals surface area contributed by atoms with Crippen molar-refractivity contribution >= 4 is 51.9 Å². The first-order chi connectivity index (χ1) is 15.8. The zero-order valence-electron chi connectivity index (χ0n) is 19.2. The van der Waals surface area contributed by atoms with E-state index in [1.807, 2.05) is 48.7 Å². The number of nitrogens with zero attached hydrogens (tertiary/aromatic N) is 3. The van der Waals surface area contributed by atoms with Crippen LogP contribution in [0.4, 0.5) is 5.69 Å². The number of rotatable bonds is 9. The Bertz CT molecular complexity index is 1150. The Morgan fingerprint density at radius 3 is 2.64 bits per heavy atom. The SMILES string of the molecule is CCn1c(CNC(=O)c2cccc(C)c2)nnc1SCC(=O)Nc1ccc(I)cc1C(C)C. The van der Waals surface area contributed by atoms with E-state index in [1.54, 1.807) is 6.07 Å². The van der Waals surface area contributed by atoms with Crippen molar-refractivity contribution in [1.82, 2.24) is 20.1 Å². The molecule has 3 rings (SSSR count). The Hall–Kier alpha value is -2.40. The van der Waals surface area contributed by atoms with Gasteiger partial charge < -0.3 is 15.2 Å². The third-order valence-corrected chi connectivity index (χ3v) is 6.68. The lowest BCUT2D eigenvalue weighted by Crippen LogP contribution is -2.25. The van der Waals surface area contributed by atoms with Crippen molar-refractivity contribution in [3.63, 3.8) is 0 Å². The molecule has 0 aliphatic rings. The van der Waals surface area contributed by atoms with Crippen LogP contribution >= 0.6 is 34.4 Å². The second-order valence-corrected chi connectivity index (χ2v) is 10.1. The fourth-order valence-corrected chi connectivity index (χ4v) is 4.70. The quantitative estimate of drug-likeness (QED) is 0.276. The molecule has 2 N–H and O–H groups in total. The number of nitrogens with one attached hydrogen (secondary N) is 2. The molecule has 1 heterocycles. The number of halogens is 1. The number of thioether (sulfide) groups is 1. The normalized spacial score (nSPS) is 11.0. The molecule has 0 saturated carbocycles. The number of carbonyl (C=O) groups is 2. The van der Waals surface area contributed by atoms with Crippen LogP contribution < -0.4 is 10.6 Å². The lowest BCUT2D eigenvalue weighted by Gasteiger charge is -2.14. The highest BCUT2D eigenvalue weighted by molar-refractivity contribution is 14.1. The average molecular weight is 577 g/mol. The van der Waals surface area contributed by atoms with E-state index in [1.165, 1.54) is 11.8 Å². The predicted molar refractivity (Wildman–Crippen MR) is 141 cm³/mol. The Kier molecular flexibility index (Phi) is 8.90. The minimum atomic E-state index is -0.156. The van der Waals surface area contributed by atoms with Crippen LogP contribution in [0.15, 0.2) is 47.6 Å².